The number of nitrogens with one attached hydrogen (secondary N) is 1. The monoisotopic (exact) mass is 298 g/mol. The second kappa shape index (κ2) is 5.91. The summed E-state index contributed by atoms with van der Waals surface area (Å²) in [5.74, 6) is 0.511. The maximum atomic E-state index is 11.3. The highest BCUT2D eigenvalue weighted by Gasteiger charge is 2.23. The van der Waals surface area contributed by atoms with E-state index in [9.17, 15) is 8.42 Å². The van der Waals surface area contributed by atoms with Crippen LogP contribution in [0, 0.1) is 11.3 Å². The van der Waals surface area contributed by atoms with Gasteiger partial charge in [-0.15, -0.1) is 0 Å². The Morgan fingerprint density at radius 3 is 2.63 bits per heavy atom. The van der Waals surface area contributed by atoms with Gasteiger partial charge in [0.05, 0.1) is 23.1 Å². The molecule has 0 amide bonds. The maximum Gasteiger partial charge on any atom is 0.150 e. The van der Waals surface area contributed by atoms with E-state index in [1.807, 2.05) is 12.1 Å². The Morgan fingerprint density at radius 1 is 1.37 bits per heavy atom. The molecule has 0 saturated carbocycles. The highest BCUT2D eigenvalue weighted by atomic mass is 35.5. The van der Waals surface area contributed by atoms with Crippen molar-refractivity contribution in [3.05, 3.63) is 34.3 Å². The number of rotatable bonds is 3. The fraction of sp³-hybridized carbons (Fsp3) is 0.462. The van der Waals surface area contributed by atoms with Crippen molar-refractivity contribution in [2.24, 2.45) is 0 Å². The molecule has 6 heteroatoms. The molecule has 0 spiro atoms. The van der Waals surface area contributed by atoms with Gasteiger partial charge in [0.25, 0.3) is 0 Å². The highest BCUT2D eigenvalue weighted by Crippen LogP contribution is 2.19. The van der Waals surface area contributed by atoms with Gasteiger partial charge < -0.3 is 5.32 Å². The summed E-state index contributed by atoms with van der Waals surface area (Å²) in [6.07, 6.45) is 1.30. The van der Waals surface area contributed by atoms with E-state index >= 15 is 0 Å². The lowest BCUT2D eigenvalue weighted by Gasteiger charge is -2.23. The lowest BCUT2D eigenvalue weighted by molar-refractivity contribution is 0.463. The summed E-state index contributed by atoms with van der Waals surface area (Å²) in [6, 6.07) is 7.46. The molecule has 0 aliphatic carbocycles. The zero-order valence-corrected chi connectivity index (χ0v) is 12.0. The summed E-state index contributed by atoms with van der Waals surface area (Å²) in [5.41, 5.74) is 1.46. The first-order valence-corrected chi connectivity index (χ1v) is 8.32. The van der Waals surface area contributed by atoms with Crippen molar-refractivity contribution in [1.29, 1.82) is 5.26 Å². The first-order valence-electron chi connectivity index (χ1n) is 6.12. The first-order chi connectivity index (χ1) is 9.00. The minimum atomic E-state index is -2.82. The van der Waals surface area contributed by atoms with E-state index in [4.69, 9.17) is 16.9 Å². The largest absolute Gasteiger partial charge is 0.310 e. The van der Waals surface area contributed by atoms with Crippen LogP contribution in [0.25, 0.3) is 0 Å². The Kier molecular flexibility index (Phi) is 4.46. The average Bonchev–Trinajstić information content (AvgIpc) is 2.38. The molecule has 2 rings (SSSR count). The van der Waals surface area contributed by atoms with Gasteiger partial charge in [-0.1, -0.05) is 17.7 Å². The van der Waals surface area contributed by atoms with E-state index < -0.39 is 9.84 Å². The normalized spacial score (nSPS) is 18.9. The van der Waals surface area contributed by atoms with Crippen LogP contribution in [-0.4, -0.2) is 26.0 Å². The predicted molar refractivity (Wildman–Crippen MR) is 74.7 cm³/mol. The van der Waals surface area contributed by atoms with Crippen molar-refractivity contribution in [2.75, 3.05) is 11.5 Å². The van der Waals surface area contributed by atoms with Crippen LogP contribution in [0.1, 0.15) is 24.0 Å². The van der Waals surface area contributed by atoms with Crippen molar-refractivity contribution in [3.63, 3.8) is 0 Å². The molecule has 1 heterocycles. The van der Waals surface area contributed by atoms with Crippen LogP contribution in [0.5, 0.6) is 0 Å². The number of sulfone groups is 1. The molecule has 1 N–H and O–H groups in total. The number of hydrogen-bond acceptors (Lipinski definition) is 4. The number of nitrogens with zero attached hydrogens (tertiary/aromatic N) is 1. The molecule has 0 bridgehead atoms. The van der Waals surface area contributed by atoms with E-state index in [1.54, 1.807) is 12.1 Å². The summed E-state index contributed by atoms with van der Waals surface area (Å²) in [5, 5.41) is 12.6. The van der Waals surface area contributed by atoms with Crippen LogP contribution < -0.4 is 5.32 Å². The van der Waals surface area contributed by atoms with Crippen LogP contribution in [0.4, 0.5) is 0 Å². The maximum absolute atomic E-state index is 11.3. The molecule has 102 valence electrons. The summed E-state index contributed by atoms with van der Waals surface area (Å²) in [4.78, 5) is 0. The first kappa shape index (κ1) is 14.3. The Bertz CT molecular complexity index is 594. The van der Waals surface area contributed by atoms with Crippen molar-refractivity contribution in [2.45, 2.75) is 25.4 Å². The van der Waals surface area contributed by atoms with Crippen LogP contribution in [0.15, 0.2) is 18.2 Å². The Labute approximate surface area is 118 Å². The standard InChI is InChI=1S/C13H15ClN2O2S/c14-13-7-10(8-15)1-2-11(13)9-16-12-3-5-19(17,18)6-4-12/h1-2,7,12,16H,3-6,9H2. The fourth-order valence-electron chi connectivity index (χ4n) is 2.11. The zero-order valence-electron chi connectivity index (χ0n) is 10.4. The minimum Gasteiger partial charge on any atom is -0.310 e. The van der Waals surface area contributed by atoms with E-state index in [1.165, 1.54) is 0 Å². The molecule has 0 aromatic heterocycles. The minimum absolute atomic E-state index is 0.218. The lowest BCUT2D eigenvalue weighted by Crippen LogP contribution is -2.37. The lowest BCUT2D eigenvalue weighted by atomic mass is 10.1. The number of halogens is 1. The molecule has 1 saturated heterocycles. The summed E-state index contributed by atoms with van der Waals surface area (Å²) in [6.45, 7) is 0.593. The molecular formula is C13H15ClN2O2S. The molecule has 1 fully saturated rings. The third-order valence-electron chi connectivity index (χ3n) is 3.32. The quantitative estimate of drug-likeness (QED) is 0.925. The molecule has 0 unspecified atom stereocenters. The van der Waals surface area contributed by atoms with Crippen molar-refractivity contribution in [1.82, 2.24) is 5.32 Å². The summed E-state index contributed by atoms with van der Waals surface area (Å²) < 4.78 is 22.6. The number of nitriles is 1. The third-order valence-corrected chi connectivity index (χ3v) is 5.39. The second-order valence-electron chi connectivity index (χ2n) is 4.72. The van der Waals surface area contributed by atoms with Crippen LogP contribution in [0.2, 0.25) is 5.02 Å². The van der Waals surface area contributed by atoms with Gasteiger partial charge in [0.15, 0.2) is 0 Å². The van der Waals surface area contributed by atoms with Gasteiger partial charge >= 0.3 is 0 Å². The molecule has 1 aromatic rings. The Hall–Kier alpha value is -1.09. The van der Waals surface area contributed by atoms with Crippen molar-refractivity contribution >= 4 is 21.4 Å². The molecular weight excluding hydrogens is 284 g/mol. The number of hydrogen-bond donors (Lipinski definition) is 1. The predicted octanol–water partition coefficient (Wildman–Crippen LogP) is 1.88. The van der Waals surface area contributed by atoms with Crippen molar-refractivity contribution < 1.29 is 8.42 Å². The topological polar surface area (TPSA) is 70.0 Å². The smallest absolute Gasteiger partial charge is 0.150 e. The molecule has 0 radical (unpaired) electrons. The van der Waals surface area contributed by atoms with Gasteiger partial charge in [0, 0.05) is 17.6 Å². The SMILES string of the molecule is N#Cc1ccc(CNC2CCS(=O)(=O)CC2)c(Cl)c1. The molecule has 4 nitrogen and oxygen atoms in total. The Morgan fingerprint density at radius 2 is 2.05 bits per heavy atom. The van der Waals surface area contributed by atoms with Crippen LogP contribution >= 0.6 is 11.6 Å². The number of benzene rings is 1. The van der Waals surface area contributed by atoms with E-state index in [-0.39, 0.29) is 17.5 Å². The average molecular weight is 299 g/mol. The van der Waals surface area contributed by atoms with Gasteiger partial charge in [0.2, 0.25) is 0 Å². The third kappa shape index (κ3) is 3.93. The summed E-state index contributed by atoms with van der Waals surface area (Å²) >= 11 is 6.08. The molecule has 1 aromatic carbocycles. The summed E-state index contributed by atoms with van der Waals surface area (Å²) in [7, 11) is -2.82. The van der Waals surface area contributed by atoms with Gasteiger partial charge in [-0.05, 0) is 30.5 Å². The van der Waals surface area contributed by atoms with E-state index in [0.717, 1.165) is 5.56 Å². The molecule has 19 heavy (non-hydrogen) atoms. The van der Waals surface area contributed by atoms with Gasteiger partial charge in [-0.25, -0.2) is 8.42 Å². The fourth-order valence-corrected chi connectivity index (χ4v) is 3.85. The van der Waals surface area contributed by atoms with E-state index in [0.29, 0.717) is 30.0 Å². The Balaban J connectivity index is 1.91. The van der Waals surface area contributed by atoms with Gasteiger partial charge in [0.1, 0.15) is 9.84 Å². The van der Waals surface area contributed by atoms with Crippen LogP contribution in [0.3, 0.4) is 0 Å². The zero-order chi connectivity index (χ0) is 13.9. The molecule has 1 aliphatic rings. The highest BCUT2D eigenvalue weighted by molar-refractivity contribution is 7.91. The van der Waals surface area contributed by atoms with Gasteiger partial charge in [-0.3, -0.25) is 0 Å². The molecule has 0 atom stereocenters. The molecule has 1 aliphatic heterocycles. The van der Waals surface area contributed by atoms with E-state index in [2.05, 4.69) is 5.32 Å². The van der Waals surface area contributed by atoms with Crippen LogP contribution in [-0.2, 0) is 16.4 Å². The second-order valence-corrected chi connectivity index (χ2v) is 7.44. The van der Waals surface area contributed by atoms with Gasteiger partial charge in [-0.2, -0.15) is 5.26 Å². The van der Waals surface area contributed by atoms with Crippen molar-refractivity contribution in [3.8, 4) is 6.07 Å².